The zero-order chi connectivity index (χ0) is 13.8. The van der Waals surface area contributed by atoms with Gasteiger partial charge in [-0.05, 0) is 29.7 Å². The van der Waals surface area contributed by atoms with Crippen molar-refractivity contribution in [1.29, 1.82) is 0 Å². The Labute approximate surface area is 103 Å². The third-order valence-corrected chi connectivity index (χ3v) is 2.40. The van der Waals surface area contributed by atoms with E-state index in [4.69, 9.17) is 5.11 Å². The van der Waals surface area contributed by atoms with Gasteiger partial charge in [-0.25, -0.2) is 4.79 Å². The molecule has 98 valence electrons. The van der Waals surface area contributed by atoms with E-state index in [0.29, 0.717) is 17.6 Å². The number of halogens is 3. The summed E-state index contributed by atoms with van der Waals surface area (Å²) in [5.41, 5.74) is 0.295. The van der Waals surface area contributed by atoms with E-state index in [0.717, 1.165) is 24.6 Å². The normalized spacial score (nSPS) is 12.6. The fourth-order valence-corrected chi connectivity index (χ4v) is 1.59. The summed E-state index contributed by atoms with van der Waals surface area (Å²) in [4.78, 5) is 10.6. The van der Waals surface area contributed by atoms with Crippen molar-refractivity contribution >= 4 is 11.5 Å². The highest BCUT2D eigenvalue weighted by Crippen LogP contribution is 2.30. The van der Waals surface area contributed by atoms with Crippen molar-refractivity contribution in [1.82, 2.24) is 0 Å². The van der Waals surface area contributed by atoms with Crippen LogP contribution in [0.15, 0.2) is 30.3 Å². The second kappa shape index (κ2) is 5.71. The summed E-state index contributed by atoms with van der Waals surface area (Å²) in [6.07, 6.45) is -2.11. The molecule has 0 unspecified atom stereocenters. The molecule has 0 aromatic heterocycles. The summed E-state index contributed by atoms with van der Waals surface area (Å²) >= 11 is 0. The SMILES string of the molecule is CCC/C(=C/C(=O)O)c1ccc(C(F)(F)F)cc1. The summed E-state index contributed by atoms with van der Waals surface area (Å²) in [6, 6.07) is 4.52. The molecule has 1 N–H and O–H groups in total. The van der Waals surface area contributed by atoms with E-state index in [1.54, 1.807) is 0 Å². The molecule has 0 amide bonds. The number of aliphatic carboxylic acids is 1. The van der Waals surface area contributed by atoms with Crippen LogP contribution in [0.1, 0.15) is 30.9 Å². The van der Waals surface area contributed by atoms with Crippen LogP contribution < -0.4 is 0 Å². The van der Waals surface area contributed by atoms with Gasteiger partial charge in [-0.1, -0.05) is 25.5 Å². The summed E-state index contributed by atoms with van der Waals surface area (Å²) in [7, 11) is 0. The monoisotopic (exact) mass is 258 g/mol. The van der Waals surface area contributed by atoms with Gasteiger partial charge < -0.3 is 5.11 Å². The van der Waals surface area contributed by atoms with E-state index < -0.39 is 17.7 Å². The maximum Gasteiger partial charge on any atom is 0.416 e. The molecule has 0 atom stereocenters. The lowest BCUT2D eigenvalue weighted by atomic mass is 9.99. The number of carboxylic acids is 1. The highest BCUT2D eigenvalue weighted by Gasteiger charge is 2.29. The van der Waals surface area contributed by atoms with Crippen LogP contribution in [-0.2, 0) is 11.0 Å². The van der Waals surface area contributed by atoms with E-state index in [9.17, 15) is 18.0 Å². The molecule has 0 radical (unpaired) electrons. The number of hydrogen-bond donors (Lipinski definition) is 1. The lowest BCUT2D eigenvalue weighted by Gasteiger charge is -2.09. The first kappa shape index (κ1) is 14.3. The molecule has 0 saturated heterocycles. The molecule has 0 aliphatic carbocycles. The number of hydrogen-bond acceptors (Lipinski definition) is 1. The number of rotatable bonds is 4. The number of benzene rings is 1. The highest BCUT2D eigenvalue weighted by atomic mass is 19.4. The van der Waals surface area contributed by atoms with Gasteiger partial charge in [0.15, 0.2) is 0 Å². The van der Waals surface area contributed by atoms with Gasteiger partial charge in [0.25, 0.3) is 0 Å². The predicted octanol–water partition coefficient (Wildman–Crippen LogP) is 3.97. The second-order valence-corrected chi connectivity index (χ2v) is 3.83. The molecule has 1 rings (SSSR count). The Morgan fingerprint density at radius 3 is 2.22 bits per heavy atom. The van der Waals surface area contributed by atoms with Crippen molar-refractivity contribution in [2.75, 3.05) is 0 Å². The largest absolute Gasteiger partial charge is 0.478 e. The van der Waals surface area contributed by atoms with Gasteiger partial charge in [-0.2, -0.15) is 13.2 Å². The van der Waals surface area contributed by atoms with Gasteiger partial charge in [0.05, 0.1) is 5.56 Å². The van der Waals surface area contributed by atoms with Gasteiger partial charge in [0.1, 0.15) is 0 Å². The summed E-state index contributed by atoms with van der Waals surface area (Å²) in [5.74, 6) is -1.10. The molecule has 5 heteroatoms. The molecule has 0 fully saturated rings. The lowest BCUT2D eigenvalue weighted by molar-refractivity contribution is -0.137. The number of alkyl halides is 3. The topological polar surface area (TPSA) is 37.3 Å². The van der Waals surface area contributed by atoms with Crippen LogP contribution in [0.4, 0.5) is 13.2 Å². The molecule has 2 nitrogen and oxygen atoms in total. The van der Waals surface area contributed by atoms with Crippen molar-refractivity contribution in [3.05, 3.63) is 41.5 Å². The minimum absolute atomic E-state index is 0.507. The average Bonchev–Trinajstić information content (AvgIpc) is 2.27. The van der Waals surface area contributed by atoms with Crippen LogP contribution >= 0.6 is 0 Å². The molecule has 0 heterocycles. The van der Waals surface area contributed by atoms with Crippen molar-refractivity contribution in [2.45, 2.75) is 25.9 Å². The van der Waals surface area contributed by atoms with Crippen LogP contribution in [0.5, 0.6) is 0 Å². The quantitative estimate of drug-likeness (QED) is 0.829. The van der Waals surface area contributed by atoms with Gasteiger partial charge in [-0.15, -0.1) is 0 Å². The first-order valence-electron chi connectivity index (χ1n) is 5.45. The van der Waals surface area contributed by atoms with E-state index in [2.05, 4.69) is 0 Å². The number of carbonyl (C=O) groups is 1. The minimum Gasteiger partial charge on any atom is -0.478 e. The molecule has 1 aromatic rings. The maximum absolute atomic E-state index is 12.4. The Kier molecular flexibility index (Phi) is 4.53. The van der Waals surface area contributed by atoms with Gasteiger partial charge >= 0.3 is 12.1 Å². The molecule has 0 aliphatic heterocycles. The fraction of sp³-hybridized carbons (Fsp3) is 0.308. The summed E-state index contributed by atoms with van der Waals surface area (Å²) in [6.45, 7) is 1.87. The first-order valence-corrected chi connectivity index (χ1v) is 5.45. The van der Waals surface area contributed by atoms with Crippen molar-refractivity contribution < 1.29 is 23.1 Å². The molecular formula is C13H13F3O2. The molecular weight excluding hydrogens is 245 g/mol. The zero-order valence-electron chi connectivity index (χ0n) is 9.79. The third kappa shape index (κ3) is 3.91. The predicted molar refractivity (Wildman–Crippen MR) is 62.0 cm³/mol. The Morgan fingerprint density at radius 1 is 1.28 bits per heavy atom. The van der Waals surface area contributed by atoms with Gasteiger partial charge in [0, 0.05) is 6.08 Å². The molecule has 18 heavy (non-hydrogen) atoms. The number of allylic oxidation sites excluding steroid dienone is 1. The van der Waals surface area contributed by atoms with Gasteiger partial charge in [0.2, 0.25) is 0 Å². The molecule has 0 saturated carbocycles. The average molecular weight is 258 g/mol. The van der Waals surface area contributed by atoms with Crippen LogP contribution in [0.3, 0.4) is 0 Å². The Balaban J connectivity index is 3.05. The molecule has 0 bridgehead atoms. The van der Waals surface area contributed by atoms with Crippen LogP contribution in [0.2, 0.25) is 0 Å². The Hall–Kier alpha value is -1.78. The first-order chi connectivity index (χ1) is 8.34. The zero-order valence-corrected chi connectivity index (χ0v) is 9.79. The molecule has 0 aliphatic rings. The molecule has 0 spiro atoms. The summed E-state index contributed by atoms with van der Waals surface area (Å²) < 4.78 is 37.1. The minimum atomic E-state index is -4.38. The molecule has 1 aromatic carbocycles. The second-order valence-electron chi connectivity index (χ2n) is 3.83. The van der Waals surface area contributed by atoms with Crippen molar-refractivity contribution in [3.8, 4) is 0 Å². The van der Waals surface area contributed by atoms with E-state index in [-0.39, 0.29) is 0 Å². The maximum atomic E-state index is 12.4. The Morgan fingerprint density at radius 2 is 1.83 bits per heavy atom. The van der Waals surface area contributed by atoms with Crippen LogP contribution in [0.25, 0.3) is 5.57 Å². The van der Waals surface area contributed by atoms with Crippen molar-refractivity contribution in [3.63, 3.8) is 0 Å². The summed E-state index contributed by atoms with van der Waals surface area (Å²) in [5, 5.41) is 8.70. The smallest absolute Gasteiger partial charge is 0.416 e. The van der Waals surface area contributed by atoms with Crippen LogP contribution in [-0.4, -0.2) is 11.1 Å². The third-order valence-electron chi connectivity index (χ3n) is 2.40. The van der Waals surface area contributed by atoms with Gasteiger partial charge in [-0.3, -0.25) is 0 Å². The highest BCUT2D eigenvalue weighted by molar-refractivity contribution is 5.90. The van der Waals surface area contributed by atoms with Crippen LogP contribution in [0, 0.1) is 0 Å². The van der Waals surface area contributed by atoms with Crippen molar-refractivity contribution in [2.24, 2.45) is 0 Å². The van der Waals surface area contributed by atoms with E-state index >= 15 is 0 Å². The van der Waals surface area contributed by atoms with E-state index in [1.807, 2.05) is 6.92 Å². The lowest BCUT2D eigenvalue weighted by Crippen LogP contribution is -2.04. The van der Waals surface area contributed by atoms with E-state index in [1.165, 1.54) is 12.1 Å². The fourth-order valence-electron chi connectivity index (χ4n) is 1.59. The number of carboxylic acid groups (broad SMARTS) is 1. The standard InChI is InChI=1S/C13H13F3O2/c1-2-3-10(8-12(17)18)9-4-6-11(7-5-9)13(14,15)16/h4-8H,2-3H2,1H3,(H,17,18)/b10-8-. The Bertz CT molecular complexity index is 444.